The van der Waals surface area contributed by atoms with E-state index in [4.69, 9.17) is 21.1 Å². The summed E-state index contributed by atoms with van der Waals surface area (Å²) in [5.41, 5.74) is 1.07. The molecule has 4 heteroatoms. The van der Waals surface area contributed by atoms with E-state index in [-0.39, 0.29) is 6.10 Å². The van der Waals surface area contributed by atoms with E-state index in [0.29, 0.717) is 0 Å². The Morgan fingerprint density at radius 3 is 3.00 bits per heavy atom. The van der Waals surface area contributed by atoms with Crippen LogP contribution < -0.4 is 10.1 Å². The first-order valence-corrected chi connectivity index (χ1v) is 6.95. The van der Waals surface area contributed by atoms with Crippen LogP contribution in [0, 0.1) is 5.92 Å². The molecule has 1 aromatic rings. The van der Waals surface area contributed by atoms with Crippen molar-refractivity contribution in [2.45, 2.75) is 18.9 Å². The Balaban J connectivity index is 1.77. The Hall–Kier alpha value is -0.770. The molecule has 0 radical (unpaired) electrons. The number of rotatable bonds is 4. The zero-order valence-electron chi connectivity index (χ0n) is 10.3. The fourth-order valence-corrected chi connectivity index (χ4v) is 2.34. The largest absolute Gasteiger partial charge is 0.493 e. The van der Waals surface area contributed by atoms with Crippen molar-refractivity contribution < 1.29 is 9.47 Å². The van der Waals surface area contributed by atoms with Crippen LogP contribution in [0.15, 0.2) is 18.2 Å². The van der Waals surface area contributed by atoms with E-state index < -0.39 is 0 Å². The van der Waals surface area contributed by atoms with Crippen LogP contribution >= 0.6 is 11.6 Å². The fraction of sp³-hybridized carbons (Fsp3) is 0.571. The quantitative estimate of drug-likeness (QED) is 0.910. The maximum absolute atomic E-state index is 6.08. The van der Waals surface area contributed by atoms with Crippen molar-refractivity contribution in [2.75, 3.05) is 26.3 Å². The Morgan fingerprint density at radius 1 is 1.39 bits per heavy atom. The smallest absolute Gasteiger partial charge is 0.125 e. The number of halogens is 1. The van der Waals surface area contributed by atoms with Gasteiger partial charge in [0.15, 0.2) is 0 Å². The number of nitrogens with one attached hydrogen (secondary N) is 1. The normalized spacial score (nSPS) is 23.9. The van der Waals surface area contributed by atoms with Gasteiger partial charge in [-0.2, -0.15) is 0 Å². The zero-order valence-corrected chi connectivity index (χ0v) is 11.1. The summed E-state index contributed by atoms with van der Waals surface area (Å²) >= 11 is 6.08. The molecule has 1 heterocycles. The number of morpholine rings is 1. The minimum atomic E-state index is 0.0478. The molecule has 3 nitrogen and oxygen atoms in total. The summed E-state index contributed by atoms with van der Waals surface area (Å²) in [5.74, 6) is 1.67. The summed E-state index contributed by atoms with van der Waals surface area (Å²) in [5, 5.41) is 4.07. The van der Waals surface area contributed by atoms with Gasteiger partial charge >= 0.3 is 0 Å². The average molecular weight is 268 g/mol. The van der Waals surface area contributed by atoms with Crippen molar-refractivity contribution in [2.24, 2.45) is 5.92 Å². The van der Waals surface area contributed by atoms with Crippen LogP contribution in [-0.2, 0) is 4.74 Å². The van der Waals surface area contributed by atoms with Crippen LogP contribution in [0.1, 0.15) is 24.5 Å². The van der Waals surface area contributed by atoms with Gasteiger partial charge < -0.3 is 14.8 Å². The number of ether oxygens (including phenoxy) is 2. The van der Waals surface area contributed by atoms with Crippen LogP contribution in [0.5, 0.6) is 5.75 Å². The van der Waals surface area contributed by atoms with Gasteiger partial charge in [0, 0.05) is 23.7 Å². The van der Waals surface area contributed by atoms with Crippen LogP contribution in [0.3, 0.4) is 0 Å². The van der Waals surface area contributed by atoms with Crippen molar-refractivity contribution in [3.8, 4) is 5.75 Å². The van der Waals surface area contributed by atoms with Gasteiger partial charge in [0.1, 0.15) is 5.75 Å². The van der Waals surface area contributed by atoms with E-state index in [0.717, 1.165) is 48.6 Å². The number of hydrogen-bond donors (Lipinski definition) is 1. The highest BCUT2D eigenvalue weighted by molar-refractivity contribution is 6.30. The molecule has 1 aromatic carbocycles. The Morgan fingerprint density at radius 2 is 2.28 bits per heavy atom. The molecular formula is C14H18ClNO2. The molecule has 1 N–H and O–H groups in total. The van der Waals surface area contributed by atoms with Gasteiger partial charge in [0.25, 0.3) is 0 Å². The summed E-state index contributed by atoms with van der Waals surface area (Å²) < 4.78 is 11.7. The third-order valence-electron chi connectivity index (χ3n) is 3.42. The van der Waals surface area contributed by atoms with Crippen molar-refractivity contribution in [3.05, 3.63) is 28.8 Å². The van der Waals surface area contributed by atoms with Gasteiger partial charge in [-0.1, -0.05) is 11.6 Å². The molecule has 0 spiro atoms. The number of benzene rings is 1. The molecule has 1 unspecified atom stereocenters. The highest BCUT2D eigenvalue weighted by Gasteiger charge is 2.24. The summed E-state index contributed by atoms with van der Waals surface area (Å²) in [6.45, 7) is 3.28. The van der Waals surface area contributed by atoms with Crippen molar-refractivity contribution in [1.29, 1.82) is 0 Å². The molecule has 1 saturated carbocycles. The van der Waals surface area contributed by atoms with E-state index in [9.17, 15) is 0 Å². The summed E-state index contributed by atoms with van der Waals surface area (Å²) in [6, 6.07) is 5.79. The molecule has 2 fully saturated rings. The van der Waals surface area contributed by atoms with E-state index in [1.165, 1.54) is 12.8 Å². The summed E-state index contributed by atoms with van der Waals surface area (Å²) in [6.07, 6.45) is 2.64. The molecule has 1 aliphatic heterocycles. The molecule has 2 aliphatic rings. The van der Waals surface area contributed by atoms with E-state index >= 15 is 0 Å². The lowest BCUT2D eigenvalue weighted by Crippen LogP contribution is -2.33. The Kier molecular flexibility index (Phi) is 3.73. The predicted molar refractivity (Wildman–Crippen MR) is 71.2 cm³/mol. The SMILES string of the molecule is Clc1ccc(OCC2CC2)c(C2CNCCO2)c1. The summed E-state index contributed by atoms with van der Waals surface area (Å²) in [4.78, 5) is 0. The molecule has 18 heavy (non-hydrogen) atoms. The topological polar surface area (TPSA) is 30.5 Å². The van der Waals surface area contributed by atoms with Gasteiger partial charge in [0.05, 0.1) is 19.3 Å². The lowest BCUT2D eigenvalue weighted by molar-refractivity contribution is 0.0258. The standard InChI is InChI=1S/C14H18ClNO2/c15-11-3-4-13(18-9-10-1-2-10)12(7-11)14-8-16-5-6-17-14/h3-4,7,10,14,16H,1-2,5-6,8-9H2. The van der Waals surface area contributed by atoms with Crippen LogP contribution in [0.2, 0.25) is 5.02 Å². The minimum absolute atomic E-state index is 0.0478. The highest BCUT2D eigenvalue weighted by atomic mass is 35.5. The van der Waals surface area contributed by atoms with Crippen LogP contribution in [-0.4, -0.2) is 26.3 Å². The van der Waals surface area contributed by atoms with Gasteiger partial charge in [-0.3, -0.25) is 0 Å². The fourth-order valence-electron chi connectivity index (χ4n) is 2.16. The van der Waals surface area contributed by atoms with Crippen molar-refractivity contribution in [1.82, 2.24) is 5.32 Å². The molecular weight excluding hydrogens is 250 g/mol. The molecule has 0 bridgehead atoms. The molecule has 0 amide bonds. The second kappa shape index (κ2) is 5.47. The van der Waals surface area contributed by atoms with Crippen LogP contribution in [0.4, 0.5) is 0 Å². The second-order valence-corrected chi connectivity index (χ2v) is 5.44. The highest BCUT2D eigenvalue weighted by Crippen LogP contribution is 2.34. The van der Waals surface area contributed by atoms with E-state index in [2.05, 4.69) is 5.32 Å². The van der Waals surface area contributed by atoms with Gasteiger partial charge in [-0.15, -0.1) is 0 Å². The second-order valence-electron chi connectivity index (χ2n) is 5.00. The maximum atomic E-state index is 6.08. The van der Waals surface area contributed by atoms with Crippen molar-refractivity contribution >= 4 is 11.6 Å². The third kappa shape index (κ3) is 2.97. The van der Waals surface area contributed by atoms with Gasteiger partial charge in [0.2, 0.25) is 0 Å². The first kappa shape index (κ1) is 12.3. The number of hydrogen-bond acceptors (Lipinski definition) is 3. The zero-order chi connectivity index (χ0) is 12.4. The predicted octanol–water partition coefficient (Wildman–Crippen LogP) is 2.79. The van der Waals surface area contributed by atoms with Gasteiger partial charge in [-0.05, 0) is 37.0 Å². The Bertz CT molecular complexity index is 414. The molecule has 1 atom stereocenters. The summed E-state index contributed by atoms with van der Waals surface area (Å²) in [7, 11) is 0. The molecule has 0 aromatic heterocycles. The molecule has 3 rings (SSSR count). The average Bonchev–Trinajstić information content (AvgIpc) is 3.22. The van der Waals surface area contributed by atoms with Gasteiger partial charge in [-0.25, -0.2) is 0 Å². The van der Waals surface area contributed by atoms with E-state index in [1.54, 1.807) is 0 Å². The van der Waals surface area contributed by atoms with E-state index in [1.807, 2.05) is 18.2 Å². The molecule has 98 valence electrons. The monoisotopic (exact) mass is 267 g/mol. The van der Waals surface area contributed by atoms with Crippen molar-refractivity contribution in [3.63, 3.8) is 0 Å². The maximum Gasteiger partial charge on any atom is 0.125 e. The molecule has 1 saturated heterocycles. The lowest BCUT2D eigenvalue weighted by atomic mass is 10.1. The molecule has 1 aliphatic carbocycles. The van der Waals surface area contributed by atoms with Crippen LogP contribution in [0.25, 0.3) is 0 Å². The lowest BCUT2D eigenvalue weighted by Gasteiger charge is -2.25. The Labute approximate surface area is 112 Å². The third-order valence-corrected chi connectivity index (χ3v) is 3.65. The first-order valence-electron chi connectivity index (χ1n) is 6.57. The first-order chi connectivity index (χ1) is 8.83. The minimum Gasteiger partial charge on any atom is -0.493 e.